The van der Waals surface area contributed by atoms with E-state index in [1.807, 2.05) is 37.3 Å². The highest BCUT2D eigenvalue weighted by molar-refractivity contribution is 5.71. The molecule has 1 rings (SSSR count). The SMILES string of the molecule is C[C@@H](Cc1ccccc1)NC(N)=O. The predicted molar refractivity (Wildman–Crippen MR) is 52.3 cm³/mol. The van der Waals surface area contributed by atoms with Crippen molar-refractivity contribution in [2.45, 2.75) is 19.4 Å². The maximum absolute atomic E-state index is 10.5. The summed E-state index contributed by atoms with van der Waals surface area (Å²) in [5.41, 5.74) is 6.19. The van der Waals surface area contributed by atoms with E-state index in [0.717, 1.165) is 6.42 Å². The fraction of sp³-hybridized carbons (Fsp3) is 0.300. The third-order valence-corrected chi connectivity index (χ3v) is 1.77. The molecule has 0 fully saturated rings. The molecule has 70 valence electrons. The van der Waals surface area contributed by atoms with E-state index in [2.05, 4.69) is 5.32 Å². The van der Waals surface area contributed by atoms with Crippen molar-refractivity contribution in [1.82, 2.24) is 5.32 Å². The molecule has 0 aliphatic rings. The minimum absolute atomic E-state index is 0.0832. The molecule has 2 amide bonds. The zero-order valence-corrected chi connectivity index (χ0v) is 7.66. The lowest BCUT2D eigenvalue weighted by atomic mass is 10.1. The number of urea groups is 1. The van der Waals surface area contributed by atoms with Gasteiger partial charge in [-0.15, -0.1) is 0 Å². The molecule has 0 aliphatic heterocycles. The third-order valence-electron chi connectivity index (χ3n) is 1.77. The van der Waals surface area contributed by atoms with Crippen LogP contribution < -0.4 is 11.1 Å². The molecule has 0 saturated heterocycles. The Morgan fingerprint density at radius 2 is 2.08 bits per heavy atom. The van der Waals surface area contributed by atoms with Gasteiger partial charge in [0, 0.05) is 6.04 Å². The number of hydrogen-bond acceptors (Lipinski definition) is 1. The minimum atomic E-state index is -0.469. The van der Waals surface area contributed by atoms with Crippen molar-refractivity contribution < 1.29 is 4.79 Å². The first kappa shape index (κ1) is 9.58. The molecule has 3 heteroatoms. The maximum Gasteiger partial charge on any atom is 0.312 e. The first-order chi connectivity index (χ1) is 6.18. The number of nitrogens with two attached hydrogens (primary N) is 1. The van der Waals surface area contributed by atoms with Crippen molar-refractivity contribution in [3.8, 4) is 0 Å². The molecule has 13 heavy (non-hydrogen) atoms. The van der Waals surface area contributed by atoms with Crippen LogP contribution in [0.25, 0.3) is 0 Å². The van der Waals surface area contributed by atoms with Gasteiger partial charge in [-0.1, -0.05) is 30.3 Å². The van der Waals surface area contributed by atoms with Gasteiger partial charge in [0.25, 0.3) is 0 Å². The Balaban J connectivity index is 2.45. The number of benzene rings is 1. The van der Waals surface area contributed by atoms with E-state index in [1.54, 1.807) is 0 Å². The van der Waals surface area contributed by atoms with Crippen LogP contribution in [0.15, 0.2) is 30.3 Å². The van der Waals surface area contributed by atoms with Crippen molar-refractivity contribution in [2.75, 3.05) is 0 Å². The van der Waals surface area contributed by atoms with Crippen LogP contribution in [0.5, 0.6) is 0 Å². The summed E-state index contributed by atoms with van der Waals surface area (Å²) < 4.78 is 0. The molecule has 1 aromatic carbocycles. The molecule has 0 saturated carbocycles. The van der Waals surface area contributed by atoms with Gasteiger partial charge in [-0.25, -0.2) is 4.79 Å². The van der Waals surface area contributed by atoms with E-state index in [9.17, 15) is 4.79 Å². The first-order valence-corrected chi connectivity index (χ1v) is 4.28. The molecule has 0 spiro atoms. The van der Waals surface area contributed by atoms with Crippen LogP contribution >= 0.6 is 0 Å². The molecule has 0 bridgehead atoms. The second kappa shape index (κ2) is 4.50. The van der Waals surface area contributed by atoms with Gasteiger partial charge in [0.1, 0.15) is 0 Å². The fourth-order valence-electron chi connectivity index (χ4n) is 1.26. The van der Waals surface area contributed by atoms with Gasteiger partial charge in [0.2, 0.25) is 0 Å². The summed E-state index contributed by atoms with van der Waals surface area (Å²) in [5, 5.41) is 2.63. The zero-order chi connectivity index (χ0) is 9.68. The van der Waals surface area contributed by atoms with Crippen molar-refractivity contribution in [3.05, 3.63) is 35.9 Å². The standard InChI is InChI=1S/C10H14N2O/c1-8(12-10(11)13)7-9-5-3-2-4-6-9/h2-6,8H,7H2,1H3,(H3,11,12,13)/t8-/m0/s1. The van der Waals surface area contributed by atoms with Gasteiger partial charge in [-0.05, 0) is 18.9 Å². The number of carbonyl (C=O) groups excluding carboxylic acids is 1. The molecule has 3 nitrogen and oxygen atoms in total. The Labute approximate surface area is 77.9 Å². The average molecular weight is 178 g/mol. The molecule has 1 atom stereocenters. The summed E-state index contributed by atoms with van der Waals surface area (Å²) in [6.07, 6.45) is 0.809. The summed E-state index contributed by atoms with van der Waals surface area (Å²) >= 11 is 0. The van der Waals surface area contributed by atoms with Gasteiger partial charge in [0.15, 0.2) is 0 Å². The van der Waals surface area contributed by atoms with E-state index in [-0.39, 0.29) is 6.04 Å². The monoisotopic (exact) mass is 178 g/mol. The molecular weight excluding hydrogens is 164 g/mol. The summed E-state index contributed by atoms with van der Waals surface area (Å²) in [6.45, 7) is 1.93. The predicted octanol–water partition coefficient (Wildman–Crippen LogP) is 1.29. The summed E-state index contributed by atoms with van der Waals surface area (Å²) in [6, 6.07) is 9.59. The average Bonchev–Trinajstić information content (AvgIpc) is 2.04. The molecular formula is C10H14N2O. The smallest absolute Gasteiger partial charge is 0.312 e. The number of amides is 2. The van der Waals surface area contributed by atoms with E-state index in [0.29, 0.717) is 0 Å². The normalized spacial score (nSPS) is 12.1. The lowest BCUT2D eigenvalue weighted by molar-refractivity contribution is 0.246. The van der Waals surface area contributed by atoms with Crippen LogP contribution in [0.2, 0.25) is 0 Å². The summed E-state index contributed by atoms with van der Waals surface area (Å²) in [4.78, 5) is 10.5. The molecule has 1 aromatic rings. The van der Waals surface area contributed by atoms with Gasteiger partial charge >= 0.3 is 6.03 Å². The molecule has 0 unspecified atom stereocenters. The van der Waals surface area contributed by atoms with Crippen molar-refractivity contribution in [3.63, 3.8) is 0 Å². The number of hydrogen-bond donors (Lipinski definition) is 2. The fourth-order valence-corrected chi connectivity index (χ4v) is 1.26. The Morgan fingerprint density at radius 1 is 1.46 bits per heavy atom. The van der Waals surface area contributed by atoms with Crippen LogP contribution in [0.3, 0.4) is 0 Å². The number of nitrogens with one attached hydrogen (secondary N) is 1. The van der Waals surface area contributed by atoms with E-state index >= 15 is 0 Å². The van der Waals surface area contributed by atoms with Crippen molar-refractivity contribution in [1.29, 1.82) is 0 Å². The molecule has 0 aromatic heterocycles. The van der Waals surface area contributed by atoms with E-state index in [1.165, 1.54) is 5.56 Å². The van der Waals surface area contributed by atoms with Gasteiger partial charge in [0.05, 0.1) is 0 Å². The largest absolute Gasteiger partial charge is 0.352 e. The second-order valence-corrected chi connectivity index (χ2v) is 3.10. The van der Waals surface area contributed by atoms with E-state index in [4.69, 9.17) is 5.73 Å². The Kier molecular flexibility index (Phi) is 3.31. The topological polar surface area (TPSA) is 55.1 Å². The highest BCUT2D eigenvalue weighted by Gasteiger charge is 2.03. The molecule has 3 N–H and O–H groups in total. The second-order valence-electron chi connectivity index (χ2n) is 3.10. The van der Waals surface area contributed by atoms with Crippen molar-refractivity contribution in [2.24, 2.45) is 5.73 Å². The van der Waals surface area contributed by atoms with Gasteiger partial charge in [-0.3, -0.25) is 0 Å². The first-order valence-electron chi connectivity index (χ1n) is 4.28. The Morgan fingerprint density at radius 3 is 2.62 bits per heavy atom. The van der Waals surface area contributed by atoms with Crippen LogP contribution in [-0.4, -0.2) is 12.1 Å². The van der Waals surface area contributed by atoms with Crippen LogP contribution in [0.1, 0.15) is 12.5 Å². The third kappa shape index (κ3) is 3.60. The lowest BCUT2D eigenvalue weighted by Gasteiger charge is -2.11. The molecule has 0 radical (unpaired) electrons. The summed E-state index contributed by atoms with van der Waals surface area (Å²) in [5.74, 6) is 0. The zero-order valence-electron chi connectivity index (χ0n) is 7.66. The van der Waals surface area contributed by atoms with Crippen LogP contribution in [-0.2, 0) is 6.42 Å². The summed E-state index contributed by atoms with van der Waals surface area (Å²) in [7, 11) is 0. The molecule has 0 aliphatic carbocycles. The quantitative estimate of drug-likeness (QED) is 0.719. The minimum Gasteiger partial charge on any atom is -0.352 e. The van der Waals surface area contributed by atoms with E-state index < -0.39 is 6.03 Å². The van der Waals surface area contributed by atoms with Gasteiger partial charge in [-0.2, -0.15) is 0 Å². The van der Waals surface area contributed by atoms with Crippen LogP contribution in [0, 0.1) is 0 Å². The highest BCUT2D eigenvalue weighted by Crippen LogP contribution is 2.02. The lowest BCUT2D eigenvalue weighted by Crippen LogP contribution is -2.37. The maximum atomic E-state index is 10.5. The molecule has 0 heterocycles. The van der Waals surface area contributed by atoms with Crippen LogP contribution in [0.4, 0.5) is 4.79 Å². The number of rotatable bonds is 3. The Bertz CT molecular complexity index is 272. The number of carbonyl (C=O) groups is 1. The number of primary amides is 1. The van der Waals surface area contributed by atoms with Crippen molar-refractivity contribution >= 4 is 6.03 Å². The Hall–Kier alpha value is -1.51. The highest BCUT2D eigenvalue weighted by atomic mass is 16.2. The van der Waals surface area contributed by atoms with Gasteiger partial charge < -0.3 is 11.1 Å².